The molecule has 6 heteroatoms. The minimum Gasteiger partial charge on any atom is -0.451 e. The van der Waals surface area contributed by atoms with Gasteiger partial charge in [-0.25, -0.2) is 4.98 Å². The van der Waals surface area contributed by atoms with Crippen molar-refractivity contribution >= 4 is 5.91 Å². The predicted molar refractivity (Wildman–Crippen MR) is 74.8 cm³/mol. The molecule has 2 saturated heterocycles. The number of amides is 1. The molecule has 0 N–H and O–H groups in total. The maximum absolute atomic E-state index is 12.3. The van der Waals surface area contributed by atoms with Gasteiger partial charge in [-0.05, 0) is 18.8 Å². The molecular formula is C15H21N3O3. The monoisotopic (exact) mass is 291 g/mol. The van der Waals surface area contributed by atoms with E-state index in [1.807, 2.05) is 4.90 Å². The Morgan fingerprint density at radius 2 is 2.24 bits per heavy atom. The predicted octanol–water partition coefficient (Wildman–Crippen LogP) is 0.857. The number of hydrogen-bond donors (Lipinski definition) is 0. The Hall–Kier alpha value is -1.40. The SMILES string of the molecule is O=C(c1cocn1)N1C[C@@H]2CN(CC3CC3)CCO[C@@H]2C1. The summed E-state index contributed by atoms with van der Waals surface area (Å²) in [6.07, 6.45) is 5.64. The number of carbonyl (C=O) groups excluding carboxylic acids is 1. The lowest BCUT2D eigenvalue weighted by molar-refractivity contribution is 0.0482. The van der Waals surface area contributed by atoms with Crippen molar-refractivity contribution in [1.29, 1.82) is 0 Å². The fourth-order valence-electron chi connectivity index (χ4n) is 3.44. The largest absolute Gasteiger partial charge is 0.451 e. The van der Waals surface area contributed by atoms with Crippen LogP contribution in [-0.2, 0) is 4.74 Å². The van der Waals surface area contributed by atoms with Gasteiger partial charge in [0.05, 0.1) is 12.7 Å². The van der Waals surface area contributed by atoms with Gasteiger partial charge in [-0.1, -0.05) is 0 Å². The molecular weight excluding hydrogens is 270 g/mol. The van der Waals surface area contributed by atoms with Crippen molar-refractivity contribution in [1.82, 2.24) is 14.8 Å². The van der Waals surface area contributed by atoms with Crippen LogP contribution in [0.25, 0.3) is 0 Å². The van der Waals surface area contributed by atoms with Crippen LogP contribution in [0.2, 0.25) is 0 Å². The van der Waals surface area contributed by atoms with Gasteiger partial charge in [0.1, 0.15) is 6.26 Å². The highest BCUT2D eigenvalue weighted by atomic mass is 16.5. The summed E-state index contributed by atoms with van der Waals surface area (Å²) >= 11 is 0. The molecule has 1 aliphatic carbocycles. The Morgan fingerprint density at radius 1 is 1.33 bits per heavy atom. The summed E-state index contributed by atoms with van der Waals surface area (Å²) in [7, 11) is 0. The van der Waals surface area contributed by atoms with Crippen molar-refractivity contribution in [3.63, 3.8) is 0 Å². The molecule has 2 atom stereocenters. The Kier molecular flexibility index (Phi) is 3.43. The van der Waals surface area contributed by atoms with Gasteiger partial charge in [0, 0.05) is 38.6 Å². The van der Waals surface area contributed by atoms with E-state index in [0.29, 0.717) is 18.2 Å². The lowest BCUT2D eigenvalue weighted by atomic mass is 10.1. The number of rotatable bonds is 3. The molecule has 0 bridgehead atoms. The summed E-state index contributed by atoms with van der Waals surface area (Å²) in [6.45, 7) is 5.49. The Bertz CT molecular complexity index is 500. The van der Waals surface area contributed by atoms with Gasteiger partial charge in [0.15, 0.2) is 12.1 Å². The van der Waals surface area contributed by atoms with Crippen molar-refractivity contribution in [2.45, 2.75) is 18.9 Å². The fourth-order valence-corrected chi connectivity index (χ4v) is 3.44. The highest BCUT2D eigenvalue weighted by molar-refractivity contribution is 5.92. The average molecular weight is 291 g/mol. The first-order valence-corrected chi connectivity index (χ1v) is 7.81. The van der Waals surface area contributed by atoms with Gasteiger partial charge in [0.2, 0.25) is 0 Å². The topological polar surface area (TPSA) is 58.8 Å². The summed E-state index contributed by atoms with van der Waals surface area (Å²) in [5.41, 5.74) is 0.390. The first-order valence-electron chi connectivity index (χ1n) is 7.81. The molecule has 3 fully saturated rings. The standard InChI is InChI=1S/C15H21N3O3/c19-15(13-9-20-10-16-13)18-7-12-6-17(5-11-1-2-11)3-4-21-14(12)8-18/h9-12,14H,1-8H2/t12-,14+/m0/s1. The maximum atomic E-state index is 12.3. The molecule has 0 radical (unpaired) electrons. The molecule has 2 aliphatic heterocycles. The van der Waals surface area contributed by atoms with Crippen LogP contribution >= 0.6 is 0 Å². The van der Waals surface area contributed by atoms with Crippen LogP contribution in [0.1, 0.15) is 23.3 Å². The van der Waals surface area contributed by atoms with E-state index in [0.717, 1.165) is 32.2 Å². The van der Waals surface area contributed by atoms with E-state index in [4.69, 9.17) is 9.15 Å². The van der Waals surface area contributed by atoms with E-state index in [1.54, 1.807) is 0 Å². The summed E-state index contributed by atoms with van der Waals surface area (Å²) in [4.78, 5) is 20.7. The van der Waals surface area contributed by atoms with E-state index in [9.17, 15) is 4.79 Å². The van der Waals surface area contributed by atoms with Crippen molar-refractivity contribution in [2.24, 2.45) is 11.8 Å². The molecule has 0 unspecified atom stereocenters. The third kappa shape index (κ3) is 2.82. The van der Waals surface area contributed by atoms with Gasteiger partial charge in [0.25, 0.3) is 5.91 Å². The molecule has 3 heterocycles. The number of hydrogen-bond acceptors (Lipinski definition) is 5. The second-order valence-corrected chi connectivity index (χ2v) is 6.46. The van der Waals surface area contributed by atoms with Gasteiger partial charge in [-0.3, -0.25) is 4.79 Å². The normalized spacial score (nSPS) is 30.2. The van der Waals surface area contributed by atoms with E-state index in [2.05, 4.69) is 9.88 Å². The number of carbonyl (C=O) groups is 1. The average Bonchev–Trinajstić information content (AvgIpc) is 3.02. The minimum atomic E-state index is -0.0471. The fraction of sp³-hybridized carbons (Fsp3) is 0.733. The molecule has 1 aromatic heterocycles. The molecule has 1 aromatic rings. The Labute approximate surface area is 124 Å². The van der Waals surface area contributed by atoms with Crippen LogP contribution in [0, 0.1) is 11.8 Å². The third-order valence-corrected chi connectivity index (χ3v) is 4.77. The van der Waals surface area contributed by atoms with E-state index in [1.165, 1.54) is 32.0 Å². The van der Waals surface area contributed by atoms with Crippen LogP contribution in [0.15, 0.2) is 17.1 Å². The second-order valence-electron chi connectivity index (χ2n) is 6.46. The lowest BCUT2D eigenvalue weighted by Gasteiger charge is -2.23. The van der Waals surface area contributed by atoms with Gasteiger partial charge in [-0.15, -0.1) is 0 Å². The molecule has 4 rings (SSSR count). The lowest BCUT2D eigenvalue weighted by Crippen LogP contribution is -2.35. The van der Waals surface area contributed by atoms with Crippen LogP contribution in [-0.4, -0.2) is 66.1 Å². The zero-order chi connectivity index (χ0) is 14.2. The maximum Gasteiger partial charge on any atom is 0.275 e. The molecule has 0 spiro atoms. The van der Waals surface area contributed by atoms with Gasteiger partial charge in [-0.2, -0.15) is 0 Å². The summed E-state index contributed by atoms with van der Waals surface area (Å²) in [6, 6.07) is 0. The highest BCUT2D eigenvalue weighted by Crippen LogP contribution is 2.31. The van der Waals surface area contributed by atoms with Gasteiger partial charge < -0.3 is 19.0 Å². The van der Waals surface area contributed by atoms with Crippen molar-refractivity contribution in [3.8, 4) is 0 Å². The molecule has 1 amide bonds. The van der Waals surface area contributed by atoms with Crippen molar-refractivity contribution in [3.05, 3.63) is 18.4 Å². The highest BCUT2D eigenvalue weighted by Gasteiger charge is 2.39. The molecule has 6 nitrogen and oxygen atoms in total. The second kappa shape index (κ2) is 5.42. The molecule has 21 heavy (non-hydrogen) atoms. The number of oxazole rings is 1. The molecule has 114 valence electrons. The van der Waals surface area contributed by atoms with Crippen LogP contribution in [0.4, 0.5) is 0 Å². The Morgan fingerprint density at radius 3 is 3.00 bits per heavy atom. The summed E-state index contributed by atoms with van der Waals surface area (Å²) in [5.74, 6) is 1.27. The quantitative estimate of drug-likeness (QED) is 0.826. The number of nitrogens with zero attached hydrogens (tertiary/aromatic N) is 3. The first kappa shape index (κ1) is 13.3. The van der Waals surface area contributed by atoms with E-state index in [-0.39, 0.29) is 12.0 Å². The van der Waals surface area contributed by atoms with Crippen LogP contribution < -0.4 is 0 Å². The molecule has 0 aromatic carbocycles. The Balaban J connectivity index is 1.40. The van der Waals surface area contributed by atoms with Gasteiger partial charge >= 0.3 is 0 Å². The van der Waals surface area contributed by atoms with Crippen LogP contribution in [0.3, 0.4) is 0 Å². The smallest absolute Gasteiger partial charge is 0.275 e. The van der Waals surface area contributed by atoms with Crippen molar-refractivity contribution in [2.75, 3.05) is 39.3 Å². The van der Waals surface area contributed by atoms with Crippen LogP contribution in [0.5, 0.6) is 0 Å². The zero-order valence-electron chi connectivity index (χ0n) is 12.1. The first-order chi connectivity index (χ1) is 10.3. The number of fused-ring (bicyclic) bond motifs is 1. The van der Waals surface area contributed by atoms with E-state index < -0.39 is 0 Å². The van der Waals surface area contributed by atoms with E-state index >= 15 is 0 Å². The zero-order valence-corrected chi connectivity index (χ0v) is 12.1. The third-order valence-electron chi connectivity index (χ3n) is 4.77. The molecule has 3 aliphatic rings. The number of likely N-dealkylation sites (tertiary alicyclic amines) is 1. The minimum absolute atomic E-state index is 0.0471. The molecule has 1 saturated carbocycles. The van der Waals surface area contributed by atoms with Crippen molar-refractivity contribution < 1.29 is 13.9 Å². The summed E-state index contributed by atoms with van der Waals surface area (Å²) in [5, 5.41) is 0. The number of aromatic nitrogens is 1. The number of ether oxygens (including phenoxy) is 1. The summed E-state index contributed by atoms with van der Waals surface area (Å²) < 4.78 is 10.9.